The summed E-state index contributed by atoms with van der Waals surface area (Å²) in [5, 5.41) is 7.90. The Labute approximate surface area is 195 Å². The lowest BCUT2D eigenvalue weighted by Crippen LogP contribution is -2.13. The Morgan fingerprint density at radius 3 is 2.15 bits per heavy atom. The van der Waals surface area contributed by atoms with E-state index in [1.165, 1.54) is 44.4 Å². The molecular formula is C26H24F4N2O2. The first kappa shape index (κ1) is 25.0. The molecule has 0 N–H and O–H groups in total. The fraction of sp³-hybridized carbons (Fsp3) is 0.231. The molecule has 0 unspecified atom stereocenters. The van der Waals surface area contributed by atoms with Crippen LogP contribution in [0.25, 0.3) is 11.1 Å². The van der Waals surface area contributed by atoms with Gasteiger partial charge in [-0.15, -0.1) is 0 Å². The molecule has 0 aliphatic heterocycles. The van der Waals surface area contributed by atoms with E-state index < -0.39 is 17.6 Å². The zero-order valence-electron chi connectivity index (χ0n) is 19.2. The Morgan fingerprint density at radius 1 is 0.853 bits per heavy atom. The highest BCUT2D eigenvalue weighted by Gasteiger charge is 2.34. The van der Waals surface area contributed by atoms with E-state index in [9.17, 15) is 17.6 Å². The summed E-state index contributed by atoms with van der Waals surface area (Å²) >= 11 is 0. The normalized spacial score (nSPS) is 12.6. The highest BCUT2D eigenvalue weighted by Crippen LogP contribution is 2.35. The van der Waals surface area contributed by atoms with Crippen molar-refractivity contribution in [3.05, 3.63) is 94.3 Å². The van der Waals surface area contributed by atoms with Crippen LogP contribution in [0.5, 0.6) is 0 Å². The van der Waals surface area contributed by atoms with Crippen LogP contribution in [-0.2, 0) is 22.5 Å². The number of aryl methyl sites for hydroxylation is 1. The van der Waals surface area contributed by atoms with E-state index >= 15 is 0 Å². The fourth-order valence-electron chi connectivity index (χ4n) is 3.58. The highest BCUT2D eigenvalue weighted by atomic mass is 19.4. The van der Waals surface area contributed by atoms with Gasteiger partial charge in [0.05, 0.1) is 17.0 Å². The van der Waals surface area contributed by atoms with Crippen molar-refractivity contribution in [2.75, 3.05) is 7.11 Å². The van der Waals surface area contributed by atoms with Crippen molar-refractivity contribution in [1.82, 2.24) is 0 Å². The van der Waals surface area contributed by atoms with Gasteiger partial charge in [-0.1, -0.05) is 52.8 Å². The van der Waals surface area contributed by atoms with E-state index in [2.05, 4.69) is 10.3 Å². The molecule has 3 aromatic carbocycles. The summed E-state index contributed by atoms with van der Waals surface area (Å²) in [6, 6.07) is 14.8. The Bertz CT molecular complexity index is 1220. The molecule has 0 aliphatic carbocycles. The number of alkyl halides is 3. The Morgan fingerprint density at radius 2 is 1.50 bits per heavy atom. The van der Waals surface area contributed by atoms with Gasteiger partial charge >= 0.3 is 6.18 Å². The lowest BCUT2D eigenvalue weighted by atomic mass is 9.96. The Hall–Kier alpha value is -3.68. The van der Waals surface area contributed by atoms with Crippen LogP contribution in [0.2, 0.25) is 0 Å². The van der Waals surface area contributed by atoms with E-state index in [0.717, 1.165) is 22.8 Å². The molecule has 4 nitrogen and oxygen atoms in total. The first-order valence-corrected chi connectivity index (χ1v) is 10.4. The molecule has 0 aliphatic rings. The average molecular weight is 472 g/mol. The molecule has 0 amide bonds. The minimum absolute atomic E-state index is 0.0466. The summed E-state index contributed by atoms with van der Waals surface area (Å²) in [6.07, 6.45) is -4.61. The van der Waals surface area contributed by atoms with Crippen molar-refractivity contribution in [1.29, 1.82) is 0 Å². The molecular weight excluding hydrogens is 448 g/mol. The van der Waals surface area contributed by atoms with Crippen molar-refractivity contribution < 1.29 is 27.2 Å². The smallest absolute Gasteiger partial charge is 0.399 e. The molecule has 0 radical (unpaired) electrons. The molecule has 34 heavy (non-hydrogen) atoms. The maximum absolute atomic E-state index is 13.8. The monoisotopic (exact) mass is 472 g/mol. The first-order chi connectivity index (χ1) is 16.1. The van der Waals surface area contributed by atoms with E-state index in [0.29, 0.717) is 16.8 Å². The lowest BCUT2D eigenvalue weighted by Gasteiger charge is -2.15. The summed E-state index contributed by atoms with van der Waals surface area (Å²) < 4.78 is 54.7. The van der Waals surface area contributed by atoms with Crippen LogP contribution >= 0.6 is 0 Å². The van der Waals surface area contributed by atoms with Crippen molar-refractivity contribution in [3.63, 3.8) is 0 Å². The second kappa shape index (κ2) is 10.5. The topological polar surface area (TPSA) is 43.2 Å². The first-order valence-electron chi connectivity index (χ1n) is 10.4. The van der Waals surface area contributed by atoms with Crippen LogP contribution in [-0.4, -0.2) is 18.5 Å². The zero-order valence-corrected chi connectivity index (χ0v) is 19.2. The Kier molecular flexibility index (Phi) is 7.71. The van der Waals surface area contributed by atoms with Gasteiger partial charge in [0.25, 0.3) is 0 Å². The Balaban J connectivity index is 1.90. The second-order valence-corrected chi connectivity index (χ2v) is 7.68. The van der Waals surface area contributed by atoms with Gasteiger partial charge in [0.15, 0.2) is 0 Å². The van der Waals surface area contributed by atoms with E-state index in [1.54, 1.807) is 13.0 Å². The summed E-state index contributed by atoms with van der Waals surface area (Å²) in [7, 11) is 1.45. The third kappa shape index (κ3) is 5.81. The van der Waals surface area contributed by atoms with Crippen LogP contribution in [0.15, 0.2) is 71.0 Å². The van der Waals surface area contributed by atoms with Gasteiger partial charge in [-0.05, 0) is 55.7 Å². The average Bonchev–Trinajstić information content (AvgIpc) is 2.79. The highest BCUT2D eigenvalue weighted by molar-refractivity contribution is 6.01. The molecule has 8 heteroatoms. The maximum atomic E-state index is 13.8. The molecule has 0 fully saturated rings. The van der Waals surface area contributed by atoms with Crippen molar-refractivity contribution in [2.45, 2.75) is 33.6 Å². The molecule has 0 spiro atoms. The van der Waals surface area contributed by atoms with E-state index in [1.807, 2.05) is 25.1 Å². The van der Waals surface area contributed by atoms with Gasteiger partial charge in [-0.2, -0.15) is 13.2 Å². The summed E-state index contributed by atoms with van der Waals surface area (Å²) in [6.45, 7) is 5.19. The standard InChI is InChI=1S/C26H24F4N2O2/c1-16-6-5-7-22(17(2)31-33-4)24(16)15-34-32-18(3)23-13-10-20(14-25(23)26(28,29)30)19-8-11-21(27)12-9-19/h5-14H,15H2,1-4H3/b31-17-,32-18+. The molecule has 178 valence electrons. The van der Waals surface area contributed by atoms with Crippen LogP contribution in [0.3, 0.4) is 0 Å². The van der Waals surface area contributed by atoms with Gasteiger partial charge in [0, 0.05) is 16.7 Å². The van der Waals surface area contributed by atoms with Gasteiger partial charge in [0.2, 0.25) is 0 Å². The largest absolute Gasteiger partial charge is 0.417 e. The predicted molar refractivity (Wildman–Crippen MR) is 124 cm³/mol. The summed E-state index contributed by atoms with van der Waals surface area (Å²) in [5.41, 5.74) is 3.10. The van der Waals surface area contributed by atoms with Crippen LogP contribution in [0.4, 0.5) is 17.6 Å². The number of halogens is 4. The number of benzene rings is 3. The fourth-order valence-corrected chi connectivity index (χ4v) is 3.58. The van der Waals surface area contributed by atoms with Crippen LogP contribution < -0.4 is 0 Å². The molecule has 0 heterocycles. The zero-order chi connectivity index (χ0) is 24.9. The van der Waals surface area contributed by atoms with Gasteiger partial charge in [0.1, 0.15) is 19.5 Å². The predicted octanol–water partition coefficient (Wildman–Crippen LogP) is 7.13. The lowest BCUT2D eigenvalue weighted by molar-refractivity contribution is -0.137. The van der Waals surface area contributed by atoms with Crippen LogP contribution in [0.1, 0.15) is 41.7 Å². The van der Waals surface area contributed by atoms with Crippen LogP contribution in [0, 0.1) is 12.7 Å². The number of hydrogen-bond donors (Lipinski definition) is 0. The van der Waals surface area contributed by atoms with E-state index in [-0.39, 0.29) is 17.9 Å². The maximum Gasteiger partial charge on any atom is 0.417 e. The SMILES string of the molecule is CO/N=C(/C)c1cccc(C)c1CO/N=C(\C)c1ccc(-c2ccc(F)cc2)cc1C(F)(F)F. The van der Waals surface area contributed by atoms with Crippen molar-refractivity contribution in [2.24, 2.45) is 10.3 Å². The molecule has 3 rings (SSSR count). The molecule has 0 saturated heterocycles. The quantitative estimate of drug-likeness (QED) is 0.209. The number of nitrogens with zero attached hydrogens (tertiary/aromatic N) is 2. The number of hydrogen-bond acceptors (Lipinski definition) is 4. The summed E-state index contributed by atoms with van der Waals surface area (Å²) in [5.74, 6) is -0.461. The molecule has 0 saturated carbocycles. The minimum Gasteiger partial charge on any atom is -0.399 e. The summed E-state index contributed by atoms with van der Waals surface area (Å²) in [4.78, 5) is 10.3. The second-order valence-electron chi connectivity index (χ2n) is 7.68. The van der Waals surface area contributed by atoms with E-state index in [4.69, 9.17) is 9.68 Å². The van der Waals surface area contributed by atoms with Gasteiger partial charge in [-0.3, -0.25) is 0 Å². The third-order valence-electron chi connectivity index (χ3n) is 5.33. The minimum atomic E-state index is -4.61. The molecule has 0 aromatic heterocycles. The molecule has 0 bridgehead atoms. The van der Waals surface area contributed by atoms with Crippen molar-refractivity contribution in [3.8, 4) is 11.1 Å². The molecule has 0 atom stereocenters. The third-order valence-corrected chi connectivity index (χ3v) is 5.33. The number of oxime groups is 2. The number of rotatable bonds is 7. The molecule has 3 aromatic rings. The van der Waals surface area contributed by atoms with Gasteiger partial charge < -0.3 is 9.68 Å². The van der Waals surface area contributed by atoms with Gasteiger partial charge in [-0.25, -0.2) is 4.39 Å². The van der Waals surface area contributed by atoms with Crippen molar-refractivity contribution >= 4 is 11.4 Å².